The molecule has 4 rings (SSSR count). The Morgan fingerprint density at radius 3 is 2.14 bits per heavy atom. The number of nitrogens with one attached hydrogen (secondary N) is 1. The number of carbonyl (C=O) groups is 3. The highest BCUT2D eigenvalue weighted by molar-refractivity contribution is 5.81. The molecule has 0 fully saturated rings. The van der Waals surface area contributed by atoms with Crippen LogP contribution < -0.4 is 5.32 Å². The maximum atomic E-state index is 12.7. The maximum Gasteiger partial charge on any atom is 0.407 e. The van der Waals surface area contributed by atoms with Gasteiger partial charge in [0.2, 0.25) is 5.91 Å². The third-order valence-corrected chi connectivity index (χ3v) is 6.68. The summed E-state index contributed by atoms with van der Waals surface area (Å²) in [5.74, 6) is -1.25. The molecule has 1 atom stereocenters. The van der Waals surface area contributed by atoms with Gasteiger partial charge in [0.25, 0.3) is 0 Å². The Labute approximate surface area is 217 Å². The summed E-state index contributed by atoms with van der Waals surface area (Å²) in [5, 5.41) is 12.0. The number of alkyl carbamates (subject to hydrolysis) is 1. The molecule has 0 spiro atoms. The highest BCUT2D eigenvalue weighted by atomic mass is 16.5. The van der Waals surface area contributed by atoms with Crippen LogP contribution in [0.3, 0.4) is 0 Å². The van der Waals surface area contributed by atoms with Gasteiger partial charge in [-0.2, -0.15) is 0 Å². The van der Waals surface area contributed by atoms with Crippen LogP contribution in [0, 0.1) is 5.92 Å². The van der Waals surface area contributed by atoms with Crippen LogP contribution in [0.1, 0.15) is 42.4 Å². The summed E-state index contributed by atoms with van der Waals surface area (Å²) < 4.78 is 5.57. The summed E-state index contributed by atoms with van der Waals surface area (Å²) in [4.78, 5) is 37.8. The number of carbonyl (C=O) groups excluding carboxylic acids is 2. The first-order valence-electron chi connectivity index (χ1n) is 12.5. The topological polar surface area (TPSA) is 95.9 Å². The molecule has 0 bridgehead atoms. The fourth-order valence-corrected chi connectivity index (χ4v) is 4.74. The molecular weight excluding hydrogens is 468 g/mol. The lowest BCUT2D eigenvalue weighted by Crippen LogP contribution is -2.35. The van der Waals surface area contributed by atoms with Gasteiger partial charge >= 0.3 is 12.1 Å². The molecule has 3 aromatic carbocycles. The number of aliphatic carboxylic acids is 1. The Kier molecular flexibility index (Phi) is 8.56. The van der Waals surface area contributed by atoms with Crippen LogP contribution >= 0.6 is 0 Å². The van der Waals surface area contributed by atoms with Crippen LogP contribution in [0.2, 0.25) is 0 Å². The molecule has 0 saturated heterocycles. The first-order chi connectivity index (χ1) is 17.9. The monoisotopic (exact) mass is 500 g/mol. The van der Waals surface area contributed by atoms with E-state index in [1.165, 1.54) is 16.0 Å². The molecule has 0 radical (unpaired) electrons. The zero-order chi connectivity index (χ0) is 26.2. The second-order valence-electron chi connectivity index (χ2n) is 9.48. The van der Waals surface area contributed by atoms with Crippen molar-refractivity contribution in [2.45, 2.75) is 32.2 Å². The van der Waals surface area contributed by atoms with Crippen molar-refractivity contribution in [2.75, 3.05) is 19.7 Å². The minimum absolute atomic E-state index is 0.00183. The Morgan fingerprint density at radius 2 is 1.51 bits per heavy atom. The Balaban J connectivity index is 1.23. The number of carboxylic acid groups (broad SMARTS) is 1. The molecule has 1 unspecified atom stereocenters. The molecular formula is C30H32N2O5. The number of nitrogens with zero attached hydrogens (tertiary/aromatic N) is 1. The van der Waals surface area contributed by atoms with E-state index < -0.39 is 12.1 Å². The quantitative estimate of drug-likeness (QED) is 0.384. The van der Waals surface area contributed by atoms with Crippen molar-refractivity contribution in [3.8, 4) is 11.1 Å². The Hall–Kier alpha value is -4.13. The molecule has 0 aliphatic heterocycles. The number of hydrogen-bond donors (Lipinski definition) is 2. The van der Waals surface area contributed by atoms with E-state index in [1.807, 2.05) is 61.5 Å². The molecule has 192 valence electrons. The van der Waals surface area contributed by atoms with Crippen molar-refractivity contribution in [1.82, 2.24) is 10.2 Å². The van der Waals surface area contributed by atoms with Crippen LogP contribution in [0.25, 0.3) is 11.1 Å². The standard InChI is InChI=1S/C30H32N2O5/c1-21(15-16-28(33)32(19-29(34)35)18-22-9-3-2-4-10-22)17-31-30(36)37-20-27-25-13-7-5-11-23(25)24-12-6-8-14-26(24)27/h2-14,21,27H,15-20H2,1H3,(H,31,36)(H,34,35). The summed E-state index contributed by atoms with van der Waals surface area (Å²) in [6, 6.07) is 25.7. The highest BCUT2D eigenvalue weighted by Crippen LogP contribution is 2.44. The van der Waals surface area contributed by atoms with Gasteiger partial charge in [-0.15, -0.1) is 0 Å². The highest BCUT2D eigenvalue weighted by Gasteiger charge is 2.29. The number of amides is 2. The van der Waals surface area contributed by atoms with Gasteiger partial charge in [0.05, 0.1) is 0 Å². The minimum Gasteiger partial charge on any atom is -0.480 e. The second kappa shape index (κ2) is 12.2. The molecule has 7 heteroatoms. The van der Waals surface area contributed by atoms with Crippen molar-refractivity contribution in [3.05, 3.63) is 95.6 Å². The molecule has 3 aromatic rings. The maximum absolute atomic E-state index is 12.7. The summed E-state index contributed by atoms with van der Waals surface area (Å²) >= 11 is 0. The molecule has 0 aromatic heterocycles. The van der Waals surface area contributed by atoms with Gasteiger partial charge in [-0.25, -0.2) is 4.79 Å². The van der Waals surface area contributed by atoms with Crippen LogP contribution in [-0.2, 0) is 20.9 Å². The summed E-state index contributed by atoms with van der Waals surface area (Å²) in [6.45, 7) is 2.45. The van der Waals surface area contributed by atoms with E-state index in [4.69, 9.17) is 4.74 Å². The average Bonchev–Trinajstić information content (AvgIpc) is 3.23. The summed E-state index contributed by atoms with van der Waals surface area (Å²) in [7, 11) is 0. The normalized spacial score (nSPS) is 12.8. The zero-order valence-electron chi connectivity index (χ0n) is 20.9. The van der Waals surface area contributed by atoms with Crippen LogP contribution in [0.5, 0.6) is 0 Å². The van der Waals surface area contributed by atoms with Crippen molar-refractivity contribution in [2.24, 2.45) is 5.92 Å². The number of benzene rings is 3. The molecule has 2 N–H and O–H groups in total. The molecule has 37 heavy (non-hydrogen) atoms. The third kappa shape index (κ3) is 6.76. The van der Waals surface area contributed by atoms with E-state index >= 15 is 0 Å². The van der Waals surface area contributed by atoms with Gasteiger partial charge in [-0.3, -0.25) is 9.59 Å². The van der Waals surface area contributed by atoms with Crippen LogP contribution in [-0.4, -0.2) is 47.7 Å². The van der Waals surface area contributed by atoms with Crippen LogP contribution in [0.4, 0.5) is 4.79 Å². The van der Waals surface area contributed by atoms with Gasteiger partial charge in [0, 0.05) is 25.4 Å². The predicted octanol–water partition coefficient (Wildman–Crippen LogP) is 5.05. The lowest BCUT2D eigenvalue weighted by atomic mass is 9.98. The first-order valence-corrected chi connectivity index (χ1v) is 12.5. The Morgan fingerprint density at radius 1 is 0.919 bits per heavy atom. The van der Waals surface area contributed by atoms with E-state index in [9.17, 15) is 19.5 Å². The number of fused-ring (bicyclic) bond motifs is 3. The smallest absolute Gasteiger partial charge is 0.407 e. The predicted molar refractivity (Wildman–Crippen MR) is 141 cm³/mol. The molecule has 0 heterocycles. The number of hydrogen-bond acceptors (Lipinski definition) is 4. The van der Waals surface area contributed by atoms with Gasteiger partial charge in [-0.1, -0.05) is 85.8 Å². The van der Waals surface area contributed by atoms with Gasteiger partial charge in [0.1, 0.15) is 13.2 Å². The minimum atomic E-state index is -1.05. The van der Waals surface area contributed by atoms with Gasteiger partial charge in [-0.05, 0) is 40.2 Å². The zero-order valence-corrected chi connectivity index (χ0v) is 20.9. The van der Waals surface area contributed by atoms with E-state index in [0.29, 0.717) is 13.0 Å². The lowest BCUT2D eigenvalue weighted by Gasteiger charge is -2.22. The largest absolute Gasteiger partial charge is 0.480 e. The first kappa shape index (κ1) is 25.9. The van der Waals surface area contributed by atoms with Gasteiger partial charge < -0.3 is 20.1 Å². The van der Waals surface area contributed by atoms with E-state index in [0.717, 1.165) is 16.7 Å². The van der Waals surface area contributed by atoms with Crippen molar-refractivity contribution in [3.63, 3.8) is 0 Å². The fourth-order valence-electron chi connectivity index (χ4n) is 4.74. The number of ether oxygens (including phenoxy) is 1. The summed E-state index contributed by atoms with van der Waals surface area (Å²) in [6.07, 6.45) is 0.234. The molecule has 7 nitrogen and oxygen atoms in total. The fraction of sp³-hybridized carbons (Fsp3) is 0.300. The van der Waals surface area contributed by atoms with E-state index in [1.54, 1.807) is 0 Å². The SMILES string of the molecule is CC(CCC(=O)N(CC(=O)O)Cc1ccccc1)CNC(=O)OCC1c2ccccc2-c2ccccc21. The second-order valence-corrected chi connectivity index (χ2v) is 9.48. The van der Waals surface area contributed by atoms with E-state index in [-0.39, 0.29) is 43.9 Å². The number of carboxylic acids is 1. The van der Waals surface area contributed by atoms with Gasteiger partial charge in [0.15, 0.2) is 0 Å². The lowest BCUT2D eigenvalue weighted by molar-refractivity contribution is -0.145. The number of rotatable bonds is 11. The van der Waals surface area contributed by atoms with Crippen molar-refractivity contribution in [1.29, 1.82) is 0 Å². The molecule has 1 aliphatic carbocycles. The van der Waals surface area contributed by atoms with Crippen molar-refractivity contribution >= 4 is 18.0 Å². The molecule has 2 amide bonds. The Bertz CT molecular complexity index is 1200. The third-order valence-electron chi connectivity index (χ3n) is 6.68. The molecule has 1 aliphatic rings. The van der Waals surface area contributed by atoms with Crippen molar-refractivity contribution < 1.29 is 24.2 Å². The van der Waals surface area contributed by atoms with Crippen LogP contribution in [0.15, 0.2) is 78.9 Å². The average molecular weight is 501 g/mol. The summed E-state index contributed by atoms with van der Waals surface area (Å²) in [5.41, 5.74) is 5.54. The molecule has 0 saturated carbocycles. The van der Waals surface area contributed by atoms with E-state index in [2.05, 4.69) is 29.6 Å².